The summed E-state index contributed by atoms with van der Waals surface area (Å²) < 4.78 is 0. The van der Waals surface area contributed by atoms with Crippen molar-refractivity contribution < 1.29 is 9.59 Å². The molecule has 0 unspecified atom stereocenters. The average molecular weight is 761 g/mol. The maximum atomic E-state index is 13.7. The van der Waals surface area contributed by atoms with Crippen molar-refractivity contribution in [2.24, 2.45) is 0 Å². The number of amides is 2. The lowest BCUT2D eigenvalue weighted by Crippen LogP contribution is -2.48. The summed E-state index contributed by atoms with van der Waals surface area (Å²) >= 11 is 0. The van der Waals surface area contributed by atoms with Crippen molar-refractivity contribution in [2.45, 2.75) is 244 Å². The van der Waals surface area contributed by atoms with Crippen molar-refractivity contribution in [3.63, 3.8) is 0 Å². The van der Waals surface area contributed by atoms with Gasteiger partial charge >= 0.3 is 0 Å². The van der Waals surface area contributed by atoms with Crippen LogP contribution in [-0.4, -0.2) is 97.9 Å². The van der Waals surface area contributed by atoms with Gasteiger partial charge in [0.05, 0.1) is 0 Å². The zero-order valence-electron chi connectivity index (χ0n) is 37.6. The molecule has 0 spiro atoms. The first-order valence-electron chi connectivity index (χ1n) is 24.2. The van der Waals surface area contributed by atoms with Gasteiger partial charge < -0.3 is 19.6 Å². The Morgan fingerprint density at radius 1 is 0.352 bits per heavy atom. The van der Waals surface area contributed by atoms with Crippen LogP contribution in [0.2, 0.25) is 0 Å². The van der Waals surface area contributed by atoms with Crippen LogP contribution < -0.4 is 0 Å². The molecule has 1 rings (SSSR count). The first kappa shape index (κ1) is 50.9. The van der Waals surface area contributed by atoms with E-state index in [-0.39, 0.29) is 0 Å². The largest absolute Gasteiger partial charge is 0.340 e. The Morgan fingerprint density at radius 3 is 0.833 bits per heavy atom. The second-order valence-corrected chi connectivity index (χ2v) is 17.9. The van der Waals surface area contributed by atoms with Crippen molar-refractivity contribution in [2.75, 3.05) is 54.4 Å². The minimum atomic E-state index is 0.331. The third kappa shape index (κ3) is 28.3. The first-order valence-corrected chi connectivity index (χ1v) is 24.2. The predicted molar refractivity (Wildman–Crippen MR) is 236 cm³/mol. The summed E-state index contributed by atoms with van der Waals surface area (Å²) in [5, 5.41) is 0. The van der Waals surface area contributed by atoms with Crippen LogP contribution >= 0.6 is 0 Å². The number of unbranched alkanes of at least 4 members (excludes halogenated alkanes) is 24. The van der Waals surface area contributed by atoms with Crippen molar-refractivity contribution in [1.29, 1.82) is 0 Å². The third-order valence-corrected chi connectivity index (χ3v) is 12.2. The molecular weight excluding hydrogens is 665 g/mol. The van der Waals surface area contributed by atoms with Gasteiger partial charge in [0.15, 0.2) is 0 Å². The van der Waals surface area contributed by atoms with Gasteiger partial charge in [-0.2, -0.15) is 0 Å². The Labute approximate surface area is 338 Å². The second-order valence-electron chi connectivity index (χ2n) is 17.9. The summed E-state index contributed by atoms with van der Waals surface area (Å²) in [6.45, 7) is 8.36. The van der Waals surface area contributed by atoms with E-state index in [1.54, 1.807) is 0 Å². The van der Waals surface area contributed by atoms with Crippen LogP contribution in [0.3, 0.4) is 0 Å². The van der Waals surface area contributed by atoms with Crippen LogP contribution in [0.4, 0.5) is 0 Å². The lowest BCUT2D eigenvalue weighted by atomic mass is 9.88. The molecule has 54 heavy (non-hydrogen) atoms. The quantitative estimate of drug-likeness (QED) is 0.0588. The number of carbonyl (C=O) groups is 2. The van der Waals surface area contributed by atoms with E-state index in [2.05, 4.69) is 61.6 Å². The van der Waals surface area contributed by atoms with Gasteiger partial charge in [-0.15, -0.1) is 0 Å². The highest BCUT2D eigenvalue weighted by Gasteiger charge is 2.32. The topological polar surface area (TPSA) is 47.1 Å². The van der Waals surface area contributed by atoms with E-state index in [4.69, 9.17) is 0 Å². The van der Waals surface area contributed by atoms with Crippen LogP contribution in [0.1, 0.15) is 232 Å². The lowest BCUT2D eigenvalue weighted by molar-refractivity contribution is -0.138. The van der Waals surface area contributed by atoms with Gasteiger partial charge in [0, 0.05) is 38.0 Å². The Balaban J connectivity index is 2.48. The van der Waals surface area contributed by atoms with E-state index in [0.29, 0.717) is 36.7 Å². The standard InChI is InChI=1S/C48H96N4O2/c1-7-9-11-13-15-17-19-21-23-25-27-29-31-35-47(53)51(43-33-41-49(3)4)45-37-39-46(40-38-45)52(44-34-42-50(5)6)48(54)36-32-30-28-26-24-22-20-18-16-14-12-10-8-2/h45-46H,7-44H2,1-6H3. The molecular formula is C48H96N4O2. The SMILES string of the molecule is CCCCCCCCCCCCCCCC(=O)N(CCCN(C)C)C1CCC(N(CCCN(C)C)C(=O)CCCCCCCCCCCCCCC)CC1. The second kappa shape index (κ2) is 36.2. The van der Waals surface area contributed by atoms with Crippen LogP contribution in [0.5, 0.6) is 0 Å². The minimum Gasteiger partial charge on any atom is -0.340 e. The third-order valence-electron chi connectivity index (χ3n) is 12.2. The molecule has 0 heterocycles. The molecule has 1 fully saturated rings. The normalized spacial score (nSPS) is 16.1. The van der Waals surface area contributed by atoms with Crippen LogP contribution in [0, 0.1) is 0 Å². The monoisotopic (exact) mass is 761 g/mol. The van der Waals surface area contributed by atoms with E-state index in [1.165, 1.54) is 154 Å². The van der Waals surface area contributed by atoms with E-state index in [1.807, 2.05) is 0 Å². The Bertz CT molecular complexity index is 773. The van der Waals surface area contributed by atoms with E-state index in [9.17, 15) is 9.59 Å². The van der Waals surface area contributed by atoms with Crippen molar-refractivity contribution in [3.05, 3.63) is 0 Å². The number of nitrogens with zero attached hydrogens (tertiary/aromatic N) is 4. The fourth-order valence-electron chi connectivity index (χ4n) is 8.69. The molecule has 0 radical (unpaired) electrons. The van der Waals surface area contributed by atoms with Gasteiger partial charge in [0.2, 0.25) is 11.8 Å². The maximum absolute atomic E-state index is 13.7. The fraction of sp³-hybridized carbons (Fsp3) is 0.958. The smallest absolute Gasteiger partial charge is 0.222 e. The molecule has 0 aromatic rings. The van der Waals surface area contributed by atoms with Gasteiger partial charge in [0.25, 0.3) is 0 Å². The summed E-state index contributed by atoms with van der Waals surface area (Å²) in [5.74, 6) is 0.753. The number of hydrogen-bond donors (Lipinski definition) is 0. The van der Waals surface area contributed by atoms with Gasteiger partial charge in [-0.25, -0.2) is 0 Å². The van der Waals surface area contributed by atoms with Crippen LogP contribution in [-0.2, 0) is 9.59 Å². The Hall–Kier alpha value is -1.14. The lowest BCUT2D eigenvalue weighted by Gasteiger charge is -2.41. The molecule has 1 aliphatic rings. The number of carbonyl (C=O) groups excluding carboxylic acids is 2. The molecule has 6 nitrogen and oxygen atoms in total. The van der Waals surface area contributed by atoms with Crippen molar-refractivity contribution in [1.82, 2.24) is 19.6 Å². The molecule has 0 bridgehead atoms. The van der Waals surface area contributed by atoms with Gasteiger partial charge in [-0.3, -0.25) is 9.59 Å². The molecule has 0 saturated heterocycles. The van der Waals surface area contributed by atoms with Crippen molar-refractivity contribution >= 4 is 11.8 Å². The zero-order valence-corrected chi connectivity index (χ0v) is 37.6. The minimum absolute atomic E-state index is 0.331. The summed E-state index contributed by atoms with van der Waals surface area (Å²) in [5.41, 5.74) is 0. The highest BCUT2D eigenvalue weighted by molar-refractivity contribution is 5.77. The zero-order chi connectivity index (χ0) is 39.5. The molecule has 320 valence electrons. The molecule has 0 aliphatic heterocycles. The number of hydrogen-bond acceptors (Lipinski definition) is 4. The van der Waals surface area contributed by atoms with Gasteiger partial charge in [-0.1, -0.05) is 168 Å². The molecule has 1 saturated carbocycles. The van der Waals surface area contributed by atoms with Crippen molar-refractivity contribution in [3.8, 4) is 0 Å². The molecule has 1 aliphatic carbocycles. The number of rotatable bonds is 38. The average Bonchev–Trinajstić information content (AvgIpc) is 3.15. The van der Waals surface area contributed by atoms with E-state index in [0.717, 1.165) is 77.5 Å². The fourth-order valence-corrected chi connectivity index (χ4v) is 8.69. The highest BCUT2D eigenvalue weighted by Crippen LogP contribution is 2.29. The highest BCUT2D eigenvalue weighted by atomic mass is 16.2. The van der Waals surface area contributed by atoms with Gasteiger partial charge in [-0.05, 0) is 92.6 Å². The summed E-state index contributed by atoms with van der Waals surface area (Å²) in [6, 6.07) is 0.662. The molecule has 2 amide bonds. The Kier molecular flexibility index (Phi) is 34.1. The maximum Gasteiger partial charge on any atom is 0.222 e. The molecule has 0 aromatic carbocycles. The Morgan fingerprint density at radius 2 is 0.593 bits per heavy atom. The molecule has 0 aromatic heterocycles. The van der Waals surface area contributed by atoms with Crippen LogP contribution in [0.15, 0.2) is 0 Å². The summed E-state index contributed by atoms with van der Waals surface area (Å²) in [6.07, 6.45) is 42.3. The summed E-state index contributed by atoms with van der Waals surface area (Å²) in [7, 11) is 8.52. The summed E-state index contributed by atoms with van der Waals surface area (Å²) in [4.78, 5) is 36.4. The predicted octanol–water partition coefficient (Wildman–Crippen LogP) is 12.8. The van der Waals surface area contributed by atoms with E-state index < -0.39 is 0 Å². The molecule has 0 N–H and O–H groups in total. The van der Waals surface area contributed by atoms with Gasteiger partial charge in [0.1, 0.15) is 0 Å². The van der Waals surface area contributed by atoms with E-state index >= 15 is 0 Å². The first-order chi connectivity index (χ1) is 26.3. The molecule has 0 atom stereocenters. The molecule has 6 heteroatoms. The van der Waals surface area contributed by atoms with Crippen LogP contribution in [0.25, 0.3) is 0 Å².